The Bertz CT molecular complexity index is 1220. The van der Waals surface area contributed by atoms with Crippen molar-refractivity contribution in [3.63, 3.8) is 0 Å². The highest BCUT2D eigenvalue weighted by atomic mass is 16.1. The molecule has 0 bridgehead atoms. The van der Waals surface area contributed by atoms with E-state index in [4.69, 9.17) is 0 Å². The van der Waals surface area contributed by atoms with Crippen molar-refractivity contribution in [3.8, 4) is 22.9 Å². The van der Waals surface area contributed by atoms with E-state index in [9.17, 15) is 10.1 Å². The van der Waals surface area contributed by atoms with Crippen LogP contribution in [0.15, 0.2) is 79.4 Å². The lowest BCUT2D eigenvalue weighted by Crippen LogP contribution is -2.06. The minimum atomic E-state index is -0.206. The van der Waals surface area contributed by atoms with Gasteiger partial charge in [0.15, 0.2) is 0 Å². The topological polar surface area (TPSA) is 71.6 Å². The molecular weight excluding hydrogens is 348 g/mol. The second kappa shape index (κ2) is 7.29. The zero-order valence-corrected chi connectivity index (χ0v) is 15.2. The molecule has 0 saturated carbocycles. The SMILES string of the molecule is Cc1cccnc1C(=O)c1cn(-c2cccc(-c3ccccc3C#N)c2)cn1. The Morgan fingerprint density at radius 2 is 1.89 bits per heavy atom. The van der Waals surface area contributed by atoms with Crippen molar-refractivity contribution in [1.82, 2.24) is 14.5 Å². The monoisotopic (exact) mass is 364 g/mol. The van der Waals surface area contributed by atoms with Crippen LogP contribution in [0.2, 0.25) is 0 Å². The Morgan fingerprint density at radius 3 is 2.71 bits per heavy atom. The molecule has 0 aliphatic rings. The highest BCUT2D eigenvalue weighted by Crippen LogP contribution is 2.25. The minimum Gasteiger partial charge on any atom is -0.306 e. The number of nitriles is 1. The molecule has 134 valence electrons. The quantitative estimate of drug-likeness (QED) is 0.505. The van der Waals surface area contributed by atoms with Crippen LogP contribution in [-0.2, 0) is 0 Å². The van der Waals surface area contributed by atoms with Crippen LogP contribution in [0.3, 0.4) is 0 Å². The van der Waals surface area contributed by atoms with Gasteiger partial charge in [0.2, 0.25) is 5.78 Å². The molecule has 2 heterocycles. The maximum atomic E-state index is 12.7. The van der Waals surface area contributed by atoms with Crippen molar-refractivity contribution in [1.29, 1.82) is 5.26 Å². The highest BCUT2D eigenvalue weighted by molar-refractivity contribution is 6.07. The average Bonchev–Trinajstić information content (AvgIpc) is 3.24. The van der Waals surface area contributed by atoms with Gasteiger partial charge in [-0.3, -0.25) is 9.78 Å². The van der Waals surface area contributed by atoms with Gasteiger partial charge in [-0.05, 0) is 47.9 Å². The molecule has 28 heavy (non-hydrogen) atoms. The molecule has 0 aliphatic carbocycles. The summed E-state index contributed by atoms with van der Waals surface area (Å²) in [5.41, 5.74) is 4.83. The molecule has 2 aromatic carbocycles. The minimum absolute atomic E-state index is 0.206. The summed E-state index contributed by atoms with van der Waals surface area (Å²) in [6.45, 7) is 1.85. The number of carbonyl (C=O) groups is 1. The number of hydrogen-bond donors (Lipinski definition) is 0. The Morgan fingerprint density at radius 1 is 1.04 bits per heavy atom. The normalized spacial score (nSPS) is 10.4. The van der Waals surface area contributed by atoms with Crippen molar-refractivity contribution in [2.45, 2.75) is 6.92 Å². The number of pyridine rings is 1. The van der Waals surface area contributed by atoms with E-state index in [2.05, 4.69) is 16.0 Å². The molecular formula is C23H16N4O. The predicted octanol–water partition coefficient (Wildman–Crippen LogP) is 4.35. The molecule has 4 aromatic rings. The lowest BCUT2D eigenvalue weighted by Gasteiger charge is -2.07. The van der Waals surface area contributed by atoms with Gasteiger partial charge in [0.1, 0.15) is 17.7 Å². The van der Waals surface area contributed by atoms with Crippen LogP contribution in [0.25, 0.3) is 16.8 Å². The molecule has 2 aromatic heterocycles. The van der Waals surface area contributed by atoms with Gasteiger partial charge in [-0.25, -0.2) is 4.98 Å². The van der Waals surface area contributed by atoms with E-state index in [1.165, 1.54) is 0 Å². The van der Waals surface area contributed by atoms with Crippen LogP contribution in [0, 0.1) is 18.3 Å². The molecule has 0 saturated heterocycles. The molecule has 0 atom stereocenters. The summed E-state index contributed by atoms with van der Waals surface area (Å²) >= 11 is 0. The van der Waals surface area contributed by atoms with Crippen LogP contribution >= 0.6 is 0 Å². The molecule has 0 amide bonds. The standard InChI is InChI=1S/C23H16N4O/c1-16-6-5-11-25-22(16)23(28)21-14-27(15-26-21)19-9-4-8-17(12-19)20-10-3-2-7-18(20)13-24/h2-12,14-15H,1H3. The van der Waals surface area contributed by atoms with E-state index in [0.29, 0.717) is 17.0 Å². The van der Waals surface area contributed by atoms with E-state index < -0.39 is 0 Å². The number of carbonyl (C=O) groups excluding carboxylic acids is 1. The largest absolute Gasteiger partial charge is 0.306 e. The Balaban J connectivity index is 1.69. The fraction of sp³-hybridized carbons (Fsp3) is 0.0435. The third kappa shape index (κ3) is 3.19. The number of ketones is 1. The first-order chi connectivity index (χ1) is 13.7. The van der Waals surface area contributed by atoms with Crippen molar-refractivity contribution in [2.75, 3.05) is 0 Å². The molecule has 0 fully saturated rings. The maximum absolute atomic E-state index is 12.7. The maximum Gasteiger partial charge on any atom is 0.231 e. The number of rotatable bonds is 4. The number of nitrogens with zero attached hydrogens (tertiary/aromatic N) is 4. The average molecular weight is 364 g/mol. The van der Waals surface area contributed by atoms with Gasteiger partial charge in [-0.15, -0.1) is 0 Å². The second-order valence-corrected chi connectivity index (χ2v) is 6.37. The second-order valence-electron chi connectivity index (χ2n) is 6.37. The number of aromatic nitrogens is 3. The fourth-order valence-corrected chi connectivity index (χ4v) is 3.09. The Labute approximate surface area is 162 Å². The van der Waals surface area contributed by atoms with Crippen molar-refractivity contribution >= 4 is 5.78 Å². The van der Waals surface area contributed by atoms with Crippen LogP contribution in [0.1, 0.15) is 27.3 Å². The van der Waals surface area contributed by atoms with Gasteiger partial charge in [0, 0.05) is 18.1 Å². The van der Waals surface area contributed by atoms with E-state index >= 15 is 0 Å². The first-order valence-electron chi connectivity index (χ1n) is 8.77. The fourth-order valence-electron chi connectivity index (χ4n) is 3.09. The van der Waals surface area contributed by atoms with Gasteiger partial charge in [-0.1, -0.05) is 36.4 Å². The lowest BCUT2D eigenvalue weighted by atomic mass is 10.00. The van der Waals surface area contributed by atoms with Crippen molar-refractivity contribution in [3.05, 3.63) is 102 Å². The summed E-state index contributed by atoms with van der Waals surface area (Å²) < 4.78 is 1.80. The molecule has 4 rings (SSSR count). The summed E-state index contributed by atoms with van der Waals surface area (Å²) in [5, 5.41) is 9.35. The van der Waals surface area contributed by atoms with Gasteiger partial charge < -0.3 is 4.57 Å². The molecule has 0 radical (unpaired) electrons. The third-order valence-electron chi connectivity index (χ3n) is 4.54. The predicted molar refractivity (Wildman–Crippen MR) is 106 cm³/mol. The number of benzene rings is 2. The first-order valence-corrected chi connectivity index (χ1v) is 8.77. The molecule has 5 nitrogen and oxygen atoms in total. The van der Waals surface area contributed by atoms with E-state index in [1.807, 2.05) is 55.5 Å². The summed E-state index contributed by atoms with van der Waals surface area (Å²) in [4.78, 5) is 21.2. The summed E-state index contributed by atoms with van der Waals surface area (Å²) in [6.07, 6.45) is 4.92. The number of aryl methyl sites for hydroxylation is 1. The Hall–Kier alpha value is -4.04. The zero-order valence-electron chi connectivity index (χ0n) is 15.2. The Kier molecular flexibility index (Phi) is 4.53. The highest BCUT2D eigenvalue weighted by Gasteiger charge is 2.16. The van der Waals surface area contributed by atoms with Gasteiger partial charge in [0.05, 0.1) is 11.6 Å². The third-order valence-corrected chi connectivity index (χ3v) is 4.54. The van der Waals surface area contributed by atoms with Gasteiger partial charge >= 0.3 is 0 Å². The zero-order chi connectivity index (χ0) is 19.5. The number of imidazole rings is 1. The van der Waals surface area contributed by atoms with Crippen LogP contribution < -0.4 is 0 Å². The molecule has 0 N–H and O–H groups in total. The molecule has 5 heteroatoms. The van der Waals surface area contributed by atoms with Crippen LogP contribution in [0.5, 0.6) is 0 Å². The first kappa shape index (κ1) is 17.4. The summed E-state index contributed by atoms with van der Waals surface area (Å²) in [7, 11) is 0. The molecule has 0 unspecified atom stereocenters. The lowest BCUT2D eigenvalue weighted by molar-refractivity contribution is 0.102. The van der Waals surface area contributed by atoms with E-state index in [0.717, 1.165) is 22.4 Å². The van der Waals surface area contributed by atoms with Crippen molar-refractivity contribution < 1.29 is 4.79 Å². The molecule has 0 aliphatic heterocycles. The van der Waals surface area contributed by atoms with Crippen molar-refractivity contribution in [2.24, 2.45) is 0 Å². The summed E-state index contributed by atoms with van der Waals surface area (Å²) in [5.74, 6) is -0.206. The van der Waals surface area contributed by atoms with Crippen LogP contribution in [0.4, 0.5) is 0 Å². The van der Waals surface area contributed by atoms with Crippen LogP contribution in [-0.4, -0.2) is 20.3 Å². The smallest absolute Gasteiger partial charge is 0.231 e. The number of hydrogen-bond acceptors (Lipinski definition) is 4. The summed E-state index contributed by atoms with van der Waals surface area (Å²) in [6, 6.07) is 21.1. The van der Waals surface area contributed by atoms with Gasteiger partial charge in [-0.2, -0.15) is 5.26 Å². The van der Waals surface area contributed by atoms with Gasteiger partial charge in [0.25, 0.3) is 0 Å². The van der Waals surface area contributed by atoms with E-state index in [1.54, 1.807) is 35.4 Å². The molecule has 0 spiro atoms. The van der Waals surface area contributed by atoms with E-state index in [-0.39, 0.29) is 5.78 Å².